The van der Waals surface area contributed by atoms with E-state index in [9.17, 15) is 8.78 Å². The highest BCUT2D eigenvalue weighted by Gasteiger charge is 2.25. The first-order valence-corrected chi connectivity index (χ1v) is 8.97. The van der Waals surface area contributed by atoms with Gasteiger partial charge in [-0.1, -0.05) is 12.1 Å². The molecular weight excluding hydrogens is 362 g/mol. The van der Waals surface area contributed by atoms with Crippen LogP contribution >= 0.6 is 0 Å². The lowest BCUT2D eigenvalue weighted by Crippen LogP contribution is -2.03. The van der Waals surface area contributed by atoms with Gasteiger partial charge in [0.15, 0.2) is 5.82 Å². The van der Waals surface area contributed by atoms with Crippen molar-refractivity contribution in [2.24, 2.45) is 0 Å². The summed E-state index contributed by atoms with van der Waals surface area (Å²) in [4.78, 5) is 8.91. The van der Waals surface area contributed by atoms with Gasteiger partial charge in [0, 0.05) is 29.1 Å². The minimum absolute atomic E-state index is 0.0958. The smallest absolute Gasteiger partial charge is 0.229 e. The van der Waals surface area contributed by atoms with Gasteiger partial charge in [0.05, 0.1) is 11.2 Å². The van der Waals surface area contributed by atoms with Crippen LogP contribution < -0.4 is 10.6 Å². The van der Waals surface area contributed by atoms with Crippen molar-refractivity contribution >= 4 is 34.2 Å². The highest BCUT2D eigenvalue weighted by atomic mass is 19.1. The molecule has 1 aliphatic carbocycles. The Labute approximate surface area is 159 Å². The summed E-state index contributed by atoms with van der Waals surface area (Å²) in [5, 5.41) is 14.2. The Morgan fingerprint density at radius 3 is 2.64 bits per heavy atom. The molecule has 6 nitrogen and oxygen atoms in total. The van der Waals surface area contributed by atoms with Gasteiger partial charge in [-0.3, -0.25) is 5.10 Å². The Morgan fingerprint density at radius 1 is 0.964 bits per heavy atom. The summed E-state index contributed by atoms with van der Waals surface area (Å²) in [5.41, 5.74) is 1.88. The van der Waals surface area contributed by atoms with Crippen LogP contribution in [-0.2, 0) is 0 Å². The Hall–Kier alpha value is -3.55. The van der Waals surface area contributed by atoms with E-state index in [1.807, 2.05) is 30.3 Å². The Kier molecular flexibility index (Phi) is 3.89. The largest absolute Gasteiger partial charge is 0.323 e. The summed E-state index contributed by atoms with van der Waals surface area (Å²) in [6.45, 7) is 0. The van der Waals surface area contributed by atoms with Crippen molar-refractivity contribution < 1.29 is 8.78 Å². The highest BCUT2D eigenvalue weighted by Crippen LogP contribution is 2.39. The number of para-hydroxylation sites is 1. The van der Waals surface area contributed by atoms with Crippen molar-refractivity contribution in [3.8, 4) is 0 Å². The van der Waals surface area contributed by atoms with Crippen LogP contribution in [0.3, 0.4) is 0 Å². The molecule has 3 N–H and O–H groups in total. The van der Waals surface area contributed by atoms with Gasteiger partial charge in [0.25, 0.3) is 0 Å². The van der Waals surface area contributed by atoms with E-state index in [2.05, 4.69) is 30.8 Å². The zero-order valence-corrected chi connectivity index (χ0v) is 14.7. The van der Waals surface area contributed by atoms with Gasteiger partial charge in [-0.2, -0.15) is 10.1 Å². The van der Waals surface area contributed by atoms with Crippen molar-refractivity contribution in [3.63, 3.8) is 0 Å². The third-order valence-electron chi connectivity index (χ3n) is 4.64. The van der Waals surface area contributed by atoms with E-state index in [0.29, 0.717) is 23.1 Å². The van der Waals surface area contributed by atoms with Gasteiger partial charge in [-0.05, 0) is 37.1 Å². The Bertz CT molecular complexity index is 1170. The zero-order chi connectivity index (χ0) is 19.1. The lowest BCUT2D eigenvalue weighted by molar-refractivity contribution is 0.586. The molecule has 0 bridgehead atoms. The van der Waals surface area contributed by atoms with Crippen LogP contribution in [0.1, 0.15) is 24.5 Å². The van der Waals surface area contributed by atoms with E-state index >= 15 is 0 Å². The fourth-order valence-electron chi connectivity index (χ4n) is 3.06. The number of aromatic nitrogens is 4. The minimum Gasteiger partial charge on any atom is -0.323 e. The second-order valence-corrected chi connectivity index (χ2v) is 6.77. The third kappa shape index (κ3) is 3.24. The topological polar surface area (TPSA) is 78.5 Å². The average Bonchev–Trinajstić information content (AvgIpc) is 3.43. The normalized spacial score (nSPS) is 13.6. The van der Waals surface area contributed by atoms with Crippen LogP contribution in [0.4, 0.5) is 32.1 Å². The number of nitrogens with one attached hydrogen (secondary N) is 3. The maximum absolute atomic E-state index is 14.0. The van der Waals surface area contributed by atoms with Gasteiger partial charge in [-0.15, -0.1) is 0 Å². The molecule has 0 aliphatic heterocycles. The number of hydrogen-bond donors (Lipinski definition) is 3. The molecule has 2 aromatic carbocycles. The van der Waals surface area contributed by atoms with Crippen LogP contribution in [0, 0.1) is 11.6 Å². The van der Waals surface area contributed by atoms with Crippen molar-refractivity contribution in [1.82, 2.24) is 20.2 Å². The lowest BCUT2D eigenvalue weighted by Gasteiger charge is -2.11. The number of H-pyrrole nitrogens is 1. The molecule has 140 valence electrons. The molecule has 4 aromatic rings. The van der Waals surface area contributed by atoms with E-state index in [1.165, 1.54) is 25.0 Å². The lowest BCUT2D eigenvalue weighted by atomic mass is 10.2. The van der Waals surface area contributed by atoms with Gasteiger partial charge in [0.1, 0.15) is 17.5 Å². The van der Waals surface area contributed by atoms with E-state index in [1.54, 1.807) is 0 Å². The van der Waals surface area contributed by atoms with Crippen molar-refractivity contribution in [1.29, 1.82) is 0 Å². The fraction of sp³-hybridized carbons (Fsp3) is 0.150. The van der Waals surface area contributed by atoms with E-state index in [4.69, 9.17) is 0 Å². The number of rotatable bonds is 5. The molecule has 1 fully saturated rings. The number of halogens is 2. The second kappa shape index (κ2) is 6.56. The van der Waals surface area contributed by atoms with Crippen LogP contribution in [0.25, 0.3) is 10.9 Å². The average molecular weight is 378 g/mol. The molecule has 0 atom stereocenters. The van der Waals surface area contributed by atoms with Crippen molar-refractivity contribution in [2.75, 3.05) is 10.6 Å². The van der Waals surface area contributed by atoms with E-state index < -0.39 is 11.6 Å². The first-order chi connectivity index (χ1) is 13.7. The zero-order valence-electron chi connectivity index (χ0n) is 14.7. The number of nitrogens with zero attached hydrogens (tertiary/aromatic N) is 3. The van der Waals surface area contributed by atoms with E-state index in [0.717, 1.165) is 17.1 Å². The number of benzene rings is 2. The fourth-order valence-corrected chi connectivity index (χ4v) is 3.06. The molecule has 0 unspecified atom stereocenters. The van der Waals surface area contributed by atoms with Gasteiger partial charge < -0.3 is 10.6 Å². The molecular formula is C20H16F2N6. The Morgan fingerprint density at radius 2 is 1.82 bits per heavy atom. The summed E-state index contributed by atoms with van der Waals surface area (Å²) in [6.07, 6.45) is 2.35. The highest BCUT2D eigenvalue weighted by molar-refractivity contribution is 5.91. The van der Waals surface area contributed by atoms with Crippen LogP contribution in [0.5, 0.6) is 0 Å². The quantitative estimate of drug-likeness (QED) is 0.456. The predicted molar refractivity (Wildman–Crippen MR) is 103 cm³/mol. The second-order valence-electron chi connectivity index (χ2n) is 6.77. The number of fused-ring (bicyclic) bond motifs is 1. The standard InChI is InChI=1S/C20H16F2N6/c21-12-7-8-16(14(22)9-12)24-20-23-15-4-2-1-3-13(15)19(26-20)25-18-10-17(27-28-18)11-5-6-11/h1-4,7-11H,5-6H2,(H3,23,24,25,26,27,28). The molecule has 5 rings (SSSR count). The minimum atomic E-state index is -0.715. The Balaban J connectivity index is 1.51. The van der Waals surface area contributed by atoms with Crippen molar-refractivity contribution in [3.05, 3.63) is 65.9 Å². The van der Waals surface area contributed by atoms with Crippen LogP contribution in [0.15, 0.2) is 48.5 Å². The van der Waals surface area contributed by atoms with E-state index in [-0.39, 0.29) is 11.6 Å². The van der Waals surface area contributed by atoms with Gasteiger partial charge in [-0.25, -0.2) is 13.8 Å². The summed E-state index contributed by atoms with van der Waals surface area (Å²) in [6, 6.07) is 12.8. The maximum atomic E-state index is 14.0. The molecule has 2 aromatic heterocycles. The molecule has 1 aliphatic rings. The summed E-state index contributed by atoms with van der Waals surface area (Å²) in [7, 11) is 0. The molecule has 0 radical (unpaired) electrons. The monoisotopic (exact) mass is 378 g/mol. The van der Waals surface area contributed by atoms with Crippen LogP contribution in [0.2, 0.25) is 0 Å². The number of hydrogen-bond acceptors (Lipinski definition) is 5. The molecule has 0 amide bonds. The predicted octanol–water partition coefficient (Wildman–Crippen LogP) is 5.00. The first-order valence-electron chi connectivity index (χ1n) is 8.97. The number of aromatic amines is 1. The van der Waals surface area contributed by atoms with Crippen LogP contribution in [-0.4, -0.2) is 20.2 Å². The van der Waals surface area contributed by atoms with Gasteiger partial charge in [0.2, 0.25) is 5.95 Å². The summed E-state index contributed by atoms with van der Waals surface area (Å²) >= 11 is 0. The molecule has 0 spiro atoms. The van der Waals surface area contributed by atoms with Gasteiger partial charge >= 0.3 is 0 Å². The molecule has 28 heavy (non-hydrogen) atoms. The van der Waals surface area contributed by atoms with Crippen molar-refractivity contribution in [2.45, 2.75) is 18.8 Å². The first kappa shape index (κ1) is 16.6. The number of anilines is 4. The molecule has 2 heterocycles. The SMILES string of the molecule is Fc1ccc(Nc2nc(Nc3cc(C4CC4)[nH]n3)c3ccccc3n2)c(F)c1. The third-order valence-corrected chi connectivity index (χ3v) is 4.64. The summed E-state index contributed by atoms with van der Waals surface area (Å²) in [5.74, 6) is 0.602. The molecule has 0 saturated heterocycles. The maximum Gasteiger partial charge on any atom is 0.229 e. The molecule has 8 heteroatoms. The summed E-state index contributed by atoms with van der Waals surface area (Å²) < 4.78 is 27.1. The molecule has 1 saturated carbocycles.